The summed E-state index contributed by atoms with van der Waals surface area (Å²) in [6, 6.07) is 16.3. The molecule has 7 nitrogen and oxygen atoms in total. The number of carboxylic acid groups (broad SMARTS) is 1. The summed E-state index contributed by atoms with van der Waals surface area (Å²) < 4.78 is 5.61. The van der Waals surface area contributed by atoms with Crippen LogP contribution in [0.1, 0.15) is 50.2 Å². The molecule has 1 unspecified atom stereocenters. The normalized spacial score (nSPS) is 22.0. The number of nitrogens with one attached hydrogen (secondary N) is 1. The van der Waals surface area contributed by atoms with Crippen LogP contribution in [0.3, 0.4) is 0 Å². The van der Waals surface area contributed by atoms with Crippen LogP contribution in [0.25, 0.3) is 11.1 Å². The minimum Gasteiger partial charge on any atom is -0.481 e. The number of ether oxygens (including phenoxy) is 1. The Balaban J connectivity index is 1.18. The van der Waals surface area contributed by atoms with Crippen molar-refractivity contribution < 1.29 is 24.2 Å². The van der Waals surface area contributed by atoms with Gasteiger partial charge in [0.15, 0.2) is 0 Å². The second-order valence-electron chi connectivity index (χ2n) is 10.6. The van der Waals surface area contributed by atoms with E-state index in [1.54, 1.807) is 4.90 Å². The van der Waals surface area contributed by atoms with Crippen LogP contribution in [0.4, 0.5) is 4.79 Å². The number of hydrogen-bond acceptors (Lipinski definition) is 4. The lowest BCUT2D eigenvalue weighted by Gasteiger charge is -2.30. The van der Waals surface area contributed by atoms with Gasteiger partial charge in [-0.05, 0) is 47.4 Å². The molecule has 2 N–H and O–H groups in total. The second kappa shape index (κ2) is 8.70. The van der Waals surface area contributed by atoms with Gasteiger partial charge >= 0.3 is 12.1 Å². The zero-order valence-electron chi connectivity index (χ0n) is 20.3. The van der Waals surface area contributed by atoms with Crippen LogP contribution in [0, 0.1) is 16.7 Å². The first kappa shape index (κ1) is 23.4. The van der Waals surface area contributed by atoms with Crippen molar-refractivity contribution in [2.24, 2.45) is 16.7 Å². The van der Waals surface area contributed by atoms with Crippen molar-refractivity contribution in [2.75, 3.05) is 26.2 Å². The molecule has 0 aromatic heterocycles. The summed E-state index contributed by atoms with van der Waals surface area (Å²) in [6.07, 6.45) is 1.30. The molecule has 35 heavy (non-hydrogen) atoms. The highest BCUT2D eigenvalue weighted by Crippen LogP contribution is 2.49. The zero-order chi connectivity index (χ0) is 24.8. The Morgan fingerprint density at radius 2 is 1.63 bits per heavy atom. The molecule has 2 fully saturated rings. The Bertz CT molecular complexity index is 1130. The largest absolute Gasteiger partial charge is 0.481 e. The molecule has 3 aliphatic rings. The van der Waals surface area contributed by atoms with Crippen LogP contribution < -0.4 is 5.32 Å². The first-order chi connectivity index (χ1) is 16.8. The number of carboxylic acids is 1. The van der Waals surface area contributed by atoms with Gasteiger partial charge in [-0.2, -0.15) is 0 Å². The van der Waals surface area contributed by atoms with Crippen molar-refractivity contribution in [1.29, 1.82) is 0 Å². The van der Waals surface area contributed by atoms with E-state index < -0.39 is 22.9 Å². The highest BCUT2D eigenvalue weighted by atomic mass is 16.5. The Labute approximate surface area is 205 Å². The molecule has 2 aromatic carbocycles. The topological polar surface area (TPSA) is 95.9 Å². The number of carbonyl (C=O) groups is 3. The van der Waals surface area contributed by atoms with Gasteiger partial charge in [0.1, 0.15) is 6.61 Å². The number of likely N-dealkylation sites (tertiary alicyclic amines) is 1. The van der Waals surface area contributed by atoms with Gasteiger partial charge in [0.2, 0.25) is 5.91 Å². The quantitative estimate of drug-likeness (QED) is 0.622. The van der Waals surface area contributed by atoms with Gasteiger partial charge in [-0.25, -0.2) is 4.79 Å². The molecule has 1 atom stereocenters. The van der Waals surface area contributed by atoms with Crippen LogP contribution in [0.5, 0.6) is 0 Å². The van der Waals surface area contributed by atoms with E-state index in [0.29, 0.717) is 25.8 Å². The third-order valence-electron chi connectivity index (χ3n) is 8.34. The Morgan fingerprint density at radius 3 is 2.14 bits per heavy atom. The zero-order valence-corrected chi connectivity index (χ0v) is 20.3. The standard InChI is InChI=1S/C28H32N2O5/c1-18(2)28(25(32)33)13-14-30(17-28)24(31)27(11-12-27)16-29-26(34)35-15-23-21-9-5-3-7-19(21)20-8-4-6-10-22(20)23/h3-10,18,23H,11-17H2,1-2H3,(H,29,34)(H,32,33). The summed E-state index contributed by atoms with van der Waals surface area (Å²) in [4.78, 5) is 39.5. The summed E-state index contributed by atoms with van der Waals surface area (Å²) in [6.45, 7) is 4.89. The predicted octanol–water partition coefficient (Wildman–Crippen LogP) is 4.26. The fraction of sp³-hybridized carbons (Fsp3) is 0.464. The maximum atomic E-state index is 13.3. The number of alkyl carbamates (subject to hydrolysis) is 1. The number of benzene rings is 2. The molecule has 7 heteroatoms. The number of nitrogens with zero attached hydrogens (tertiary/aromatic N) is 1. The van der Waals surface area contributed by atoms with E-state index in [1.165, 1.54) is 11.1 Å². The van der Waals surface area contributed by atoms with Gasteiger partial charge in [-0.15, -0.1) is 0 Å². The lowest BCUT2D eigenvalue weighted by molar-refractivity contribution is -0.151. The van der Waals surface area contributed by atoms with Crippen LogP contribution >= 0.6 is 0 Å². The van der Waals surface area contributed by atoms with Gasteiger partial charge in [-0.3, -0.25) is 9.59 Å². The van der Waals surface area contributed by atoms with Crippen LogP contribution in [-0.4, -0.2) is 54.2 Å². The molecule has 0 bridgehead atoms. The van der Waals surface area contributed by atoms with Crippen LogP contribution in [-0.2, 0) is 14.3 Å². The Kier molecular flexibility index (Phi) is 5.82. The molecule has 1 heterocycles. The average Bonchev–Trinajstić information content (AvgIpc) is 3.38. The highest BCUT2D eigenvalue weighted by Gasteiger charge is 2.56. The first-order valence-corrected chi connectivity index (χ1v) is 12.4. The van der Waals surface area contributed by atoms with Gasteiger partial charge in [0.25, 0.3) is 0 Å². The monoisotopic (exact) mass is 476 g/mol. The number of aliphatic carboxylic acids is 1. The number of carbonyl (C=O) groups excluding carboxylic acids is 2. The van der Waals surface area contributed by atoms with E-state index in [4.69, 9.17) is 4.74 Å². The van der Waals surface area contributed by atoms with Crippen molar-refractivity contribution in [1.82, 2.24) is 10.2 Å². The minimum absolute atomic E-state index is 0.0190. The molecule has 5 rings (SSSR count). The van der Waals surface area contributed by atoms with E-state index in [0.717, 1.165) is 11.1 Å². The maximum absolute atomic E-state index is 13.3. The van der Waals surface area contributed by atoms with Crippen molar-refractivity contribution in [3.63, 3.8) is 0 Å². The summed E-state index contributed by atoms with van der Waals surface area (Å²) in [7, 11) is 0. The van der Waals surface area contributed by atoms with Crippen molar-refractivity contribution in [2.45, 2.75) is 39.0 Å². The smallest absolute Gasteiger partial charge is 0.407 e. The first-order valence-electron chi connectivity index (χ1n) is 12.4. The van der Waals surface area contributed by atoms with Crippen LogP contribution in [0.2, 0.25) is 0 Å². The molecular formula is C28H32N2O5. The summed E-state index contributed by atoms with van der Waals surface area (Å²) >= 11 is 0. The second-order valence-corrected chi connectivity index (χ2v) is 10.6. The SMILES string of the molecule is CC(C)C1(C(=O)O)CCN(C(=O)C2(CNC(=O)OCC3c4ccccc4-c4ccccc43)CC2)C1. The van der Waals surface area contributed by atoms with Gasteiger partial charge in [-0.1, -0.05) is 62.4 Å². The molecule has 0 radical (unpaired) electrons. The molecule has 2 amide bonds. The molecular weight excluding hydrogens is 444 g/mol. The number of hydrogen-bond donors (Lipinski definition) is 2. The summed E-state index contributed by atoms with van der Waals surface area (Å²) in [5.74, 6) is -0.981. The van der Waals surface area contributed by atoms with Gasteiger partial charge < -0.3 is 20.1 Å². The third kappa shape index (κ3) is 3.97. The Hall–Kier alpha value is -3.35. The maximum Gasteiger partial charge on any atom is 0.407 e. The number of amides is 2. The van der Waals surface area contributed by atoms with Crippen molar-refractivity contribution in [3.8, 4) is 11.1 Å². The summed E-state index contributed by atoms with van der Waals surface area (Å²) in [5.41, 5.74) is 3.10. The van der Waals surface area contributed by atoms with E-state index in [1.807, 2.05) is 38.1 Å². The van der Waals surface area contributed by atoms with E-state index in [-0.39, 0.29) is 37.4 Å². The van der Waals surface area contributed by atoms with Crippen LogP contribution in [0.15, 0.2) is 48.5 Å². The molecule has 1 aliphatic heterocycles. The lowest BCUT2D eigenvalue weighted by Crippen LogP contribution is -2.45. The lowest BCUT2D eigenvalue weighted by atomic mass is 9.76. The number of fused-ring (bicyclic) bond motifs is 3. The third-order valence-corrected chi connectivity index (χ3v) is 8.34. The summed E-state index contributed by atoms with van der Waals surface area (Å²) in [5, 5.41) is 12.6. The highest BCUT2D eigenvalue weighted by molar-refractivity contribution is 5.88. The van der Waals surface area contributed by atoms with E-state index in [9.17, 15) is 19.5 Å². The van der Waals surface area contributed by atoms with Crippen molar-refractivity contribution >= 4 is 18.0 Å². The van der Waals surface area contributed by atoms with E-state index in [2.05, 4.69) is 29.6 Å². The minimum atomic E-state index is -0.897. The number of rotatable bonds is 7. The molecule has 0 spiro atoms. The van der Waals surface area contributed by atoms with Crippen molar-refractivity contribution in [3.05, 3.63) is 59.7 Å². The molecule has 2 aliphatic carbocycles. The van der Waals surface area contributed by atoms with E-state index >= 15 is 0 Å². The molecule has 1 saturated carbocycles. The molecule has 1 saturated heterocycles. The molecule has 2 aromatic rings. The van der Waals surface area contributed by atoms with Gasteiger partial charge in [0, 0.05) is 25.6 Å². The average molecular weight is 477 g/mol. The molecule has 184 valence electrons. The fourth-order valence-electron chi connectivity index (χ4n) is 5.74. The predicted molar refractivity (Wildman–Crippen MR) is 131 cm³/mol. The van der Waals surface area contributed by atoms with Gasteiger partial charge in [0.05, 0.1) is 10.8 Å². The fourth-order valence-corrected chi connectivity index (χ4v) is 5.74. The Morgan fingerprint density at radius 1 is 1.03 bits per heavy atom.